The fourth-order valence-corrected chi connectivity index (χ4v) is 6.23. The number of nitrogens with two attached hydrogens (primary N) is 1. The number of carbonyl (C=O) groups is 3. The van der Waals surface area contributed by atoms with Crippen LogP contribution in [-0.2, 0) is 15.0 Å². The number of nitrogens with zero attached hydrogens (tertiary/aromatic N) is 1. The molecule has 0 radical (unpaired) electrons. The average Bonchev–Trinajstić information content (AvgIpc) is 2.75. The van der Waals surface area contributed by atoms with Gasteiger partial charge < -0.3 is 31.3 Å². The number of aromatic hydroxyl groups is 1. The van der Waals surface area contributed by atoms with Crippen LogP contribution >= 0.6 is 0 Å². The summed E-state index contributed by atoms with van der Waals surface area (Å²) in [7, 11) is 2.99. The lowest BCUT2D eigenvalue weighted by molar-refractivity contribution is -0.162. The largest absolute Gasteiger partial charge is 0.510 e. The second-order valence-corrected chi connectivity index (χ2v) is 11.2. The number of aliphatic hydroxyl groups excluding tert-OH is 3. The molecule has 1 aromatic carbocycles. The van der Waals surface area contributed by atoms with Crippen LogP contribution in [-0.4, -0.2) is 79.7 Å². The SMILES string of the molecule is C[C@H]1c2ccc(C(C)(C)C)c(O)c2C(=O)C2=C(O)[C@]3(O)C(=O)C(C(N)=O)=C(O)[C@@H](N(C)C)C3[C@@H](O)C21. The number of fused-ring (bicyclic) bond motifs is 3. The van der Waals surface area contributed by atoms with Crippen molar-refractivity contribution in [3.05, 3.63) is 51.5 Å². The number of phenolic OH excluding ortho intramolecular Hbond substituents is 1. The van der Waals surface area contributed by atoms with E-state index in [2.05, 4.69) is 0 Å². The summed E-state index contributed by atoms with van der Waals surface area (Å²) in [6.07, 6.45) is -1.61. The summed E-state index contributed by atoms with van der Waals surface area (Å²) in [5.74, 6) is -8.84. The summed E-state index contributed by atoms with van der Waals surface area (Å²) in [6, 6.07) is 2.12. The van der Waals surface area contributed by atoms with E-state index in [-0.39, 0.29) is 11.3 Å². The minimum Gasteiger partial charge on any atom is -0.510 e. The summed E-state index contributed by atoms with van der Waals surface area (Å²) in [5.41, 5.74) is 1.40. The lowest BCUT2D eigenvalue weighted by atomic mass is 9.55. The number of primary amides is 1. The predicted octanol–water partition coefficient (Wildman–Crippen LogP) is 0.950. The van der Waals surface area contributed by atoms with Crippen LogP contribution in [0, 0.1) is 11.8 Å². The normalized spacial score (nSPS) is 32.4. The zero-order valence-electron chi connectivity index (χ0n) is 21.0. The number of aliphatic hydroxyl groups is 4. The third-order valence-electron chi connectivity index (χ3n) is 7.94. The molecule has 10 nitrogen and oxygen atoms in total. The molecule has 0 aromatic heterocycles. The standard InChI is InChI=1S/C26H32N2O8/c1-9-10-7-8-11(25(2,3)4)18(29)13(10)19(30)14-12(9)20(31)16-17(28(5)6)21(32)15(24(27)35)23(34)26(16,36)22(14)33/h7-9,12,16-17,20,29,31-33,36H,1-6H3,(H2,27,35)/t9-,12?,16?,17-,20-,26-/m0/s1. The number of ketones is 2. The van der Waals surface area contributed by atoms with Gasteiger partial charge in [0.25, 0.3) is 5.91 Å². The van der Waals surface area contributed by atoms with Crippen molar-refractivity contribution in [3.8, 4) is 5.75 Å². The first kappa shape index (κ1) is 25.9. The smallest absolute Gasteiger partial charge is 0.255 e. The van der Waals surface area contributed by atoms with E-state index in [1.165, 1.54) is 19.0 Å². The lowest BCUT2D eigenvalue weighted by Crippen LogP contribution is -2.68. The highest BCUT2D eigenvalue weighted by molar-refractivity contribution is 6.25. The Morgan fingerprint density at radius 1 is 1.11 bits per heavy atom. The van der Waals surface area contributed by atoms with Crippen molar-refractivity contribution in [1.82, 2.24) is 4.90 Å². The van der Waals surface area contributed by atoms with Gasteiger partial charge in [-0.05, 0) is 31.0 Å². The van der Waals surface area contributed by atoms with Gasteiger partial charge in [-0.1, -0.05) is 39.8 Å². The molecule has 7 N–H and O–H groups in total. The van der Waals surface area contributed by atoms with E-state index >= 15 is 0 Å². The highest BCUT2D eigenvalue weighted by Gasteiger charge is 2.67. The van der Waals surface area contributed by atoms with Gasteiger partial charge in [0.1, 0.15) is 22.8 Å². The minimum atomic E-state index is -2.92. The fraction of sp³-hybridized carbons (Fsp3) is 0.500. The van der Waals surface area contributed by atoms with Crippen LogP contribution in [0.15, 0.2) is 34.8 Å². The van der Waals surface area contributed by atoms with Crippen LogP contribution < -0.4 is 5.73 Å². The van der Waals surface area contributed by atoms with Crippen LogP contribution in [0.1, 0.15) is 55.1 Å². The van der Waals surface area contributed by atoms with Crippen LogP contribution in [0.2, 0.25) is 0 Å². The van der Waals surface area contributed by atoms with Gasteiger partial charge >= 0.3 is 0 Å². The molecule has 0 bridgehead atoms. The monoisotopic (exact) mass is 500 g/mol. The second-order valence-electron chi connectivity index (χ2n) is 11.2. The van der Waals surface area contributed by atoms with Crippen LogP contribution in [0.25, 0.3) is 0 Å². The highest BCUT2D eigenvalue weighted by Crippen LogP contribution is 2.56. The van der Waals surface area contributed by atoms with Gasteiger partial charge in [0.15, 0.2) is 11.4 Å². The van der Waals surface area contributed by atoms with Gasteiger partial charge in [0.2, 0.25) is 5.78 Å². The number of likely N-dealkylation sites (N-methyl/N-ethyl adjacent to an activating group) is 1. The molecule has 0 spiro atoms. The van der Waals surface area contributed by atoms with Crippen molar-refractivity contribution in [2.75, 3.05) is 14.1 Å². The molecule has 3 aliphatic rings. The average molecular weight is 501 g/mol. The number of phenols is 1. The third kappa shape index (κ3) is 3.11. The summed E-state index contributed by atoms with van der Waals surface area (Å²) < 4.78 is 0. The molecular weight excluding hydrogens is 468 g/mol. The van der Waals surface area contributed by atoms with Gasteiger partial charge in [-0.3, -0.25) is 19.3 Å². The lowest BCUT2D eigenvalue weighted by Gasteiger charge is -2.53. The number of amides is 1. The molecule has 6 atom stereocenters. The Bertz CT molecular complexity index is 1270. The highest BCUT2D eigenvalue weighted by atomic mass is 16.4. The number of benzene rings is 1. The number of Topliss-reactive ketones (excluding diaryl/α,β-unsaturated/α-hetero) is 2. The Morgan fingerprint density at radius 2 is 1.69 bits per heavy atom. The molecule has 4 rings (SSSR count). The minimum absolute atomic E-state index is 0.0806. The van der Waals surface area contributed by atoms with Crippen molar-refractivity contribution < 1.29 is 39.9 Å². The van der Waals surface area contributed by atoms with Gasteiger partial charge in [-0.25, -0.2) is 0 Å². The van der Waals surface area contributed by atoms with Crippen molar-refractivity contribution in [3.63, 3.8) is 0 Å². The zero-order valence-corrected chi connectivity index (χ0v) is 21.0. The molecule has 36 heavy (non-hydrogen) atoms. The number of hydrogen-bond acceptors (Lipinski definition) is 9. The van der Waals surface area contributed by atoms with E-state index in [9.17, 15) is 39.9 Å². The Labute approximate surface area is 208 Å². The van der Waals surface area contributed by atoms with Crippen molar-refractivity contribution in [2.24, 2.45) is 17.6 Å². The molecule has 0 fully saturated rings. The van der Waals surface area contributed by atoms with Crippen molar-refractivity contribution in [1.29, 1.82) is 0 Å². The molecule has 194 valence electrons. The first-order chi connectivity index (χ1) is 16.5. The number of hydrogen-bond donors (Lipinski definition) is 6. The van der Waals surface area contributed by atoms with E-state index < -0.39 is 81.1 Å². The summed E-state index contributed by atoms with van der Waals surface area (Å²) in [5, 5.41) is 56.6. The van der Waals surface area contributed by atoms with Crippen LogP contribution in [0.4, 0.5) is 0 Å². The van der Waals surface area contributed by atoms with Gasteiger partial charge in [0, 0.05) is 17.1 Å². The molecule has 0 heterocycles. The predicted molar refractivity (Wildman–Crippen MR) is 128 cm³/mol. The van der Waals surface area contributed by atoms with Gasteiger partial charge in [-0.2, -0.15) is 0 Å². The molecular formula is C26H32N2O8. The van der Waals surface area contributed by atoms with Crippen LogP contribution in [0.5, 0.6) is 5.75 Å². The quantitative estimate of drug-likeness (QED) is 0.322. The Hall–Kier alpha value is -3.21. The van der Waals surface area contributed by atoms with E-state index in [0.29, 0.717) is 11.1 Å². The molecule has 1 amide bonds. The van der Waals surface area contributed by atoms with Crippen molar-refractivity contribution in [2.45, 2.75) is 56.8 Å². The maximum atomic E-state index is 13.8. The van der Waals surface area contributed by atoms with Gasteiger partial charge in [-0.15, -0.1) is 0 Å². The third-order valence-corrected chi connectivity index (χ3v) is 7.94. The summed E-state index contributed by atoms with van der Waals surface area (Å²) in [4.78, 5) is 40.6. The van der Waals surface area contributed by atoms with Gasteiger partial charge in [0.05, 0.1) is 23.6 Å². The summed E-state index contributed by atoms with van der Waals surface area (Å²) in [6.45, 7) is 7.27. The van der Waals surface area contributed by atoms with E-state index in [1.807, 2.05) is 20.8 Å². The molecule has 0 aliphatic heterocycles. The van der Waals surface area contributed by atoms with E-state index in [0.717, 1.165) is 0 Å². The molecule has 0 saturated heterocycles. The Balaban J connectivity index is 2.05. The molecule has 3 aliphatic carbocycles. The van der Waals surface area contributed by atoms with E-state index in [1.54, 1.807) is 19.1 Å². The molecule has 2 unspecified atom stereocenters. The molecule has 10 heteroatoms. The first-order valence-corrected chi connectivity index (χ1v) is 11.7. The zero-order chi connectivity index (χ0) is 27.2. The Morgan fingerprint density at radius 3 is 2.19 bits per heavy atom. The van der Waals surface area contributed by atoms with E-state index in [4.69, 9.17) is 5.73 Å². The second kappa shape index (κ2) is 7.89. The summed E-state index contributed by atoms with van der Waals surface area (Å²) >= 11 is 0. The fourth-order valence-electron chi connectivity index (χ4n) is 6.23. The van der Waals surface area contributed by atoms with Crippen LogP contribution in [0.3, 0.4) is 0 Å². The maximum absolute atomic E-state index is 13.8. The number of rotatable bonds is 2. The van der Waals surface area contributed by atoms with Crippen molar-refractivity contribution >= 4 is 17.5 Å². The maximum Gasteiger partial charge on any atom is 0.255 e. The topological polar surface area (TPSA) is 182 Å². The molecule has 0 saturated carbocycles. The molecule has 1 aromatic rings. The Kier molecular flexibility index (Phi) is 5.67. The number of carbonyl (C=O) groups excluding carboxylic acids is 3. The first-order valence-electron chi connectivity index (χ1n) is 11.7.